The van der Waals surface area contributed by atoms with Crippen molar-refractivity contribution in [3.8, 4) is 11.1 Å². The maximum atomic E-state index is 12.4. The van der Waals surface area contributed by atoms with Gasteiger partial charge in [-0.05, 0) is 57.0 Å². The highest BCUT2D eigenvalue weighted by Gasteiger charge is 2.16. The molecule has 0 atom stereocenters. The maximum Gasteiger partial charge on any atom is 0.248 e. The number of aromatic nitrogens is 3. The summed E-state index contributed by atoms with van der Waals surface area (Å²) in [5, 5.41) is 6.95. The van der Waals surface area contributed by atoms with E-state index < -0.39 is 0 Å². The second kappa shape index (κ2) is 12.1. The molecule has 2 aromatic heterocycles. The molecular formula is C30H35N9O. The lowest BCUT2D eigenvalue weighted by Gasteiger charge is -2.33. The van der Waals surface area contributed by atoms with Gasteiger partial charge in [0.25, 0.3) is 0 Å². The molecule has 206 valence electrons. The summed E-state index contributed by atoms with van der Waals surface area (Å²) in [5.41, 5.74) is 10.4. The fraction of sp³-hybridized carbons (Fsp3) is 0.267. The summed E-state index contributed by atoms with van der Waals surface area (Å²) in [7, 11) is 6.05. The van der Waals surface area contributed by atoms with Crippen LogP contribution in [0.5, 0.6) is 0 Å². The predicted molar refractivity (Wildman–Crippen MR) is 163 cm³/mol. The zero-order chi connectivity index (χ0) is 28.1. The monoisotopic (exact) mass is 537 g/mol. The Balaban J connectivity index is 1.37. The van der Waals surface area contributed by atoms with Crippen LogP contribution in [-0.4, -0.2) is 84.5 Å². The normalized spacial score (nSPS) is 14.2. The van der Waals surface area contributed by atoms with E-state index in [4.69, 9.17) is 10.7 Å². The lowest BCUT2D eigenvalue weighted by molar-refractivity contribution is -0.111. The van der Waals surface area contributed by atoms with E-state index in [9.17, 15) is 4.79 Å². The van der Waals surface area contributed by atoms with Gasteiger partial charge in [-0.1, -0.05) is 30.3 Å². The van der Waals surface area contributed by atoms with Gasteiger partial charge >= 0.3 is 0 Å². The molecule has 2 aromatic carbocycles. The molecule has 0 unspecified atom stereocenters. The fourth-order valence-electron chi connectivity index (χ4n) is 4.60. The molecule has 1 saturated heterocycles. The molecule has 5 rings (SSSR count). The number of carbonyl (C=O) groups is 1. The third kappa shape index (κ3) is 6.53. The number of nitrogens with zero attached hydrogens (tertiary/aromatic N) is 6. The topological polar surface area (TPSA) is 116 Å². The Morgan fingerprint density at radius 3 is 2.58 bits per heavy atom. The third-order valence-electron chi connectivity index (χ3n) is 6.77. The first-order valence-electron chi connectivity index (χ1n) is 13.3. The summed E-state index contributed by atoms with van der Waals surface area (Å²) < 4.78 is 0. The average molecular weight is 538 g/mol. The van der Waals surface area contributed by atoms with Crippen LogP contribution < -0.4 is 21.3 Å². The van der Waals surface area contributed by atoms with Gasteiger partial charge in [-0.3, -0.25) is 4.79 Å². The standard InChI is InChI=1S/C30H35N9O/c1-37(2)14-6-11-27(40)33-22-8-4-7-21(19-22)24-9-5-10-25-28(24)35-30(36-29(25)31)34-23-12-13-26(32-20-23)39-17-15-38(3)16-18-39/h4-13,19-20H,14-18H2,1-3H3,(H,33,40)(H3,31,34,35,36). The van der Waals surface area contributed by atoms with E-state index in [2.05, 4.69) is 37.4 Å². The van der Waals surface area contributed by atoms with Crippen LogP contribution in [0.4, 0.5) is 29.0 Å². The number of nitrogens with one attached hydrogen (secondary N) is 2. The molecule has 1 aliphatic rings. The van der Waals surface area contributed by atoms with Crippen molar-refractivity contribution >= 4 is 45.8 Å². The molecular weight excluding hydrogens is 502 g/mol. The van der Waals surface area contributed by atoms with Crippen LogP contribution in [0, 0.1) is 0 Å². The third-order valence-corrected chi connectivity index (χ3v) is 6.77. The number of anilines is 5. The summed E-state index contributed by atoms with van der Waals surface area (Å²) >= 11 is 0. The van der Waals surface area contributed by atoms with E-state index in [0.29, 0.717) is 29.5 Å². The van der Waals surface area contributed by atoms with Gasteiger partial charge in [-0.2, -0.15) is 4.98 Å². The number of nitrogen functional groups attached to an aromatic ring is 1. The van der Waals surface area contributed by atoms with Crippen LogP contribution in [-0.2, 0) is 4.79 Å². The molecule has 0 aliphatic carbocycles. The molecule has 1 fully saturated rings. The highest BCUT2D eigenvalue weighted by molar-refractivity contribution is 6.02. The van der Waals surface area contributed by atoms with Crippen molar-refractivity contribution in [3.05, 3.63) is 72.9 Å². The Morgan fingerprint density at radius 1 is 1.02 bits per heavy atom. The maximum absolute atomic E-state index is 12.4. The molecule has 10 heteroatoms. The van der Waals surface area contributed by atoms with Gasteiger partial charge < -0.3 is 31.1 Å². The van der Waals surface area contributed by atoms with E-state index in [1.165, 1.54) is 0 Å². The van der Waals surface area contributed by atoms with Crippen molar-refractivity contribution < 1.29 is 4.79 Å². The second-order valence-corrected chi connectivity index (χ2v) is 10.2. The second-order valence-electron chi connectivity index (χ2n) is 10.2. The first-order valence-corrected chi connectivity index (χ1v) is 13.3. The number of piperazine rings is 1. The van der Waals surface area contributed by atoms with Crippen LogP contribution in [0.1, 0.15) is 0 Å². The summed E-state index contributed by atoms with van der Waals surface area (Å²) in [4.78, 5) is 32.9. The van der Waals surface area contributed by atoms with Gasteiger partial charge in [0.2, 0.25) is 11.9 Å². The Kier molecular flexibility index (Phi) is 8.18. The fourth-order valence-corrected chi connectivity index (χ4v) is 4.60. The van der Waals surface area contributed by atoms with Crippen LogP contribution in [0.25, 0.3) is 22.0 Å². The zero-order valence-electron chi connectivity index (χ0n) is 23.1. The first-order chi connectivity index (χ1) is 19.4. The summed E-state index contributed by atoms with van der Waals surface area (Å²) in [6.07, 6.45) is 5.17. The number of likely N-dealkylation sites (N-methyl/N-ethyl adjacent to an activating group) is 2. The smallest absolute Gasteiger partial charge is 0.248 e. The molecule has 0 radical (unpaired) electrons. The largest absolute Gasteiger partial charge is 0.383 e. The Bertz CT molecular complexity index is 1510. The molecule has 1 aliphatic heterocycles. The average Bonchev–Trinajstić information content (AvgIpc) is 2.94. The quantitative estimate of drug-likeness (QED) is 0.289. The summed E-state index contributed by atoms with van der Waals surface area (Å²) in [5.74, 6) is 1.55. The molecule has 10 nitrogen and oxygen atoms in total. The molecule has 0 spiro atoms. The number of para-hydroxylation sites is 1. The molecule has 4 aromatic rings. The van der Waals surface area contributed by atoms with E-state index in [0.717, 1.165) is 54.2 Å². The van der Waals surface area contributed by atoms with Crippen LogP contribution in [0.15, 0.2) is 72.9 Å². The van der Waals surface area contributed by atoms with Crippen molar-refractivity contribution in [2.75, 3.05) is 75.1 Å². The van der Waals surface area contributed by atoms with E-state index in [1.54, 1.807) is 12.3 Å². The molecule has 0 bridgehead atoms. The van der Waals surface area contributed by atoms with Crippen molar-refractivity contribution in [2.45, 2.75) is 0 Å². The van der Waals surface area contributed by atoms with Gasteiger partial charge in [0.15, 0.2) is 0 Å². The number of fused-ring (bicyclic) bond motifs is 1. The van der Waals surface area contributed by atoms with E-state index in [-0.39, 0.29) is 5.91 Å². The number of hydrogen-bond donors (Lipinski definition) is 3. The number of rotatable bonds is 8. The van der Waals surface area contributed by atoms with Crippen molar-refractivity contribution in [2.24, 2.45) is 0 Å². The van der Waals surface area contributed by atoms with Gasteiger partial charge in [-0.15, -0.1) is 0 Å². The lowest BCUT2D eigenvalue weighted by atomic mass is 10.0. The number of benzene rings is 2. The Hall–Kier alpha value is -4.54. The number of hydrogen-bond acceptors (Lipinski definition) is 9. The first kappa shape index (κ1) is 27.0. The summed E-state index contributed by atoms with van der Waals surface area (Å²) in [6.45, 7) is 4.66. The lowest BCUT2D eigenvalue weighted by Crippen LogP contribution is -2.44. The van der Waals surface area contributed by atoms with E-state index in [1.807, 2.05) is 79.7 Å². The van der Waals surface area contributed by atoms with Crippen molar-refractivity contribution in [3.63, 3.8) is 0 Å². The molecule has 4 N–H and O–H groups in total. The predicted octanol–water partition coefficient (Wildman–Crippen LogP) is 3.83. The molecule has 40 heavy (non-hydrogen) atoms. The van der Waals surface area contributed by atoms with E-state index >= 15 is 0 Å². The Morgan fingerprint density at radius 2 is 1.82 bits per heavy atom. The minimum atomic E-state index is -0.178. The highest BCUT2D eigenvalue weighted by Crippen LogP contribution is 2.32. The molecule has 0 saturated carbocycles. The zero-order valence-corrected chi connectivity index (χ0v) is 23.1. The molecule has 1 amide bonds. The number of pyridine rings is 1. The Labute approximate surface area is 234 Å². The minimum Gasteiger partial charge on any atom is -0.383 e. The minimum absolute atomic E-state index is 0.178. The van der Waals surface area contributed by atoms with Gasteiger partial charge in [-0.25, -0.2) is 9.97 Å². The molecule has 3 heterocycles. The van der Waals surface area contributed by atoms with Gasteiger partial charge in [0.05, 0.1) is 17.4 Å². The SMILES string of the molecule is CN(C)CC=CC(=O)Nc1cccc(-c2cccc3c(N)nc(Nc4ccc(N5CCN(C)CC5)nc4)nc23)c1. The van der Waals surface area contributed by atoms with Gasteiger partial charge in [0, 0.05) is 55.4 Å². The van der Waals surface area contributed by atoms with Crippen LogP contribution in [0.3, 0.4) is 0 Å². The number of amides is 1. The number of carbonyl (C=O) groups excluding carboxylic acids is 1. The van der Waals surface area contributed by atoms with Crippen molar-refractivity contribution in [1.29, 1.82) is 0 Å². The highest BCUT2D eigenvalue weighted by atomic mass is 16.1. The summed E-state index contributed by atoms with van der Waals surface area (Å²) in [6, 6.07) is 17.5. The van der Waals surface area contributed by atoms with Crippen molar-refractivity contribution in [1.82, 2.24) is 24.8 Å². The van der Waals surface area contributed by atoms with Crippen LogP contribution >= 0.6 is 0 Å². The van der Waals surface area contributed by atoms with Gasteiger partial charge in [0.1, 0.15) is 11.6 Å². The number of nitrogens with two attached hydrogens (primary N) is 1. The van der Waals surface area contributed by atoms with Crippen LogP contribution in [0.2, 0.25) is 0 Å².